The standard InChI is InChI=1S/C9H11ClO2/c1-6(11)4-7-2-3-9(12)8(10)5-7/h2-3,5-6,11-12H,4H2,1H3. The monoisotopic (exact) mass is 186 g/mol. The molecule has 0 aromatic heterocycles. The minimum absolute atomic E-state index is 0.0750. The Morgan fingerprint density at radius 2 is 2.17 bits per heavy atom. The zero-order valence-corrected chi connectivity index (χ0v) is 7.54. The molecule has 66 valence electrons. The Balaban J connectivity index is 2.82. The number of halogens is 1. The molecule has 1 atom stereocenters. The molecule has 1 unspecified atom stereocenters. The smallest absolute Gasteiger partial charge is 0.134 e. The predicted molar refractivity (Wildman–Crippen MR) is 48.5 cm³/mol. The summed E-state index contributed by atoms with van der Waals surface area (Å²) in [5.41, 5.74) is 0.924. The summed E-state index contributed by atoms with van der Waals surface area (Å²) in [5.74, 6) is 0.0750. The fourth-order valence-corrected chi connectivity index (χ4v) is 1.22. The number of rotatable bonds is 2. The number of aliphatic hydroxyl groups is 1. The van der Waals surface area contributed by atoms with Crippen LogP contribution in [0.15, 0.2) is 18.2 Å². The molecule has 0 radical (unpaired) electrons. The van der Waals surface area contributed by atoms with Crippen molar-refractivity contribution < 1.29 is 10.2 Å². The Bertz CT molecular complexity index is 271. The summed E-state index contributed by atoms with van der Waals surface area (Å²) in [5, 5.41) is 18.5. The second-order valence-corrected chi connectivity index (χ2v) is 3.25. The highest BCUT2D eigenvalue weighted by molar-refractivity contribution is 6.32. The molecule has 1 aromatic carbocycles. The first kappa shape index (κ1) is 9.36. The van der Waals surface area contributed by atoms with Crippen molar-refractivity contribution in [2.75, 3.05) is 0 Å². The Labute approximate surface area is 76.4 Å². The van der Waals surface area contributed by atoms with Crippen LogP contribution < -0.4 is 0 Å². The van der Waals surface area contributed by atoms with Crippen LogP contribution in [0.25, 0.3) is 0 Å². The zero-order valence-electron chi connectivity index (χ0n) is 6.79. The number of benzene rings is 1. The van der Waals surface area contributed by atoms with Gasteiger partial charge in [-0.15, -0.1) is 0 Å². The number of hydrogen-bond acceptors (Lipinski definition) is 2. The van der Waals surface area contributed by atoms with Gasteiger partial charge >= 0.3 is 0 Å². The first-order valence-corrected chi connectivity index (χ1v) is 4.13. The van der Waals surface area contributed by atoms with E-state index in [1.807, 2.05) is 0 Å². The summed E-state index contributed by atoms with van der Waals surface area (Å²) in [7, 11) is 0. The number of aromatic hydroxyl groups is 1. The van der Waals surface area contributed by atoms with Crippen LogP contribution in [0, 0.1) is 0 Å². The molecular formula is C9H11ClO2. The van der Waals surface area contributed by atoms with Gasteiger partial charge in [-0.2, -0.15) is 0 Å². The lowest BCUT2D eigenvalue weighted by molar-refractivity contribution is 0.195. The van der Waals surface area contributed by atoms with Gasteiger partial charge in [0.2, 0.25) is 0 Å². The summed E-state index contributed by atoms with van der Waals surface area (Å²) in [6.45, 7) is 1.71. The molecule has 0 heterocycles. The van der Waals surface area contributed by atoms with Gasteiger partial charge in [0.1, 0.15) is 5.75 Å². The molecule has 12 heavy (non-hydrogen) atoms. The van der Waals surface area contributed by atoms with Crippen molar-refractivity contribution in [1.82, 2.24) is 0 Å². The molecule has 1 rings (SSSR count). The fraction of sp³-hybridized carbons (Fsp3) is 0.333. The largest absolute Gasteiger partial charge is 0.506 e. The SMILES string of the molecule is CC(O)Cc1ccc(O)c(Cl)c1. The van der Waals surface area contributed by atoms with Gasteiger partial charge in [-0.3, -0.25) is 0 Å². The van der Waals surface area contributed by atoms with E-state index in [1.165, 1.54) is 6.07 Å². The molecule has 0 saturated heterocycles. The van der Waals surface area contributed by atoms with Crippen LogP contribution in [0.2, 0.25) is 5.02 Å². The Hall–Kier alpha value is -0.730. The van der Waals surface area contributed by atoms with Crippen molar-refractivity contribution in [3.63, 3.8) is 0 Å². The van der Waals surface area contributed by atoms with Crippen molar-refractivity contribution in [2.45, 2.75) is 19.4 Å². The summed E-state index contributed by atoms with van der Waals surface area (Å²) in [4.78, 5) is 0. The molecule has 0 amide bonds. The summed E-state index contributed by atoms with van der Waals surface area (Å²) in [6.07, 6.45) is 0.172. The van der Waals surface area contributed by atoms with Gasteiger partial charge in [0, 0.05) is 0 Å². The van der Waals surface area contributed by atoms with Gasteiger partial charge in [0.15, 0.2) is 0 Å². The second kappa shape index (κ2) is 3.78. The highest BCUT2D eigenvalue weighted by Crippen LogP contribution is 2.23. The Kier molecular flexibility index (Phi) is 2.95. The lowest BCUT2D eigenvalue weighted by Gasteiger charge is -2.04. The van der Waals surface area contributed by atoms with Gasteiger partial charge in [-0.25, -0.2) is 0 Å². The topological polar surface area (TPSA) is 40.5 Å². The molecule has 2 N–H and O–H groups in total. The number of phenolic OH excluding ortho intramolecular Hbond substituents is 1. The third kappa shape index (κ3) is 2.40. The molecule has 0 aliphatic carbocycles. The Morgan fingerprint density at radius 3 is 2.67 bits per heavy atom. The van der Waals surface area contributed by atoms with Gasteiger partial charge in [0.05, 0.1) is 11.1 Å². The summed E-state index contributed by atoms with van der Waals surface area (Å²) in [6, 6.07) is 4.93. The van der Waals surface area contributed by atoms with E-state index < -0.39 is 0 Å². The molecule has 3 heteroatoms. The third-order valence-electron chi connectivity index (χ3n) is 1.54. The normalized spacial score (nSPS) is 12.9. The van der Waals surface area contributed by atoms with E-state index in [4.69, 9.17) is 21.8 Å². The summed E-state index contributed by atoms with van der Waals surface area (Å²) >= 11 is 5.67. The minimum atomic E-state index is -0.384. The minimum Gasteiger partial charge on any atom is -0.506 e. The number of phenols is 1. The van der Waals surface area contributed by atoms with E-state index in [9.17, 15) is 0 Å². The third-order valence-corrected chi connectivity index (χ3v) is 1.85. The van der Waals surface area contributed by atoms with E-state index in [0.29, 0.717) is 11.4 Å². The maximum Gasteiger partial charge on any atom is 0.134 e. The fourth-order valence-electron chi connectivity index (χ4n) is 1.02. The number of hydrogen-bond donors (Lipinski definition) is 2. The summed E-state index contributed by atoms with van der Waals surface area (Å²) < 4.78 is 0. The van der Waals surface area contributed by atoms with Crippen molar-refractivity contribution in [2.24, 2.45) is 0 Å². The highest BCUT2D eigenvalue weighted by atomic mass is 35.5. The average Bonchev–Trinajstić information content (AvgIpc) is 1.96. The quantitative estimate of drug-likeness (QED) is 0.742. The van der Waals surface area contributed by atoms with Crippen LogP contribution >= 0.6 is 11.6 Å². The number of aliphatic hydroxyl groups excluding tert-OH is 1. The lowest BCUT2D eigenvalue weighted by Crippen LogP contribution is -2.03. The first-order valence-electron chi connectivity index (χ1n) is 3.75. The maximum atomic E-state index is 9.08. The van der Waals surface area contributed by atoms with Crippen LogP contribution in [-0.4, -0.2) is 16.3 Å². The van der Waals surface area contributed by atoms with Crippen LogP contribution in [0.4, 0.5) is 0 Å². The van der Waals surface area contributed by atoms with E-state index in [2.05, 4.69) is 0 Å². The van der Waals surface area contributed by atoms with Crippen molar-refractivity contribution >= 4 is 11.6 Å². The van der Waals surface area contributed by atoms with Crippen LogP contribution in [0.5, 0.6) is 5.75 Å². The molecule has 2 nitrogen and oxygen atoms in total. The molecule has 0 fully saturated rings. The predicted octanol–water partition coefficient (Wildman–Crippen LogP) is 1.97. The molecule has 0 saturated carbocycles. The van der Waals surface area contributed by atoms with Gasteiger partial charge in [-0.05, 0) is 31.0 Å². The van der Waals surface area contributed by atoms with Gasteiger partial charge < -0.3 is 10.2 Å². The van der Waals surface area contributed by atoms with E-state index in [0.717, 1.165) is 5.56 Å². The molecule has 0 aliphatic heterocycles. The lowest BCUT2D eigenvalue weighted by atomic mass is 10.1. The van der Waals surface area contributed by atoms with Gasteiger partial charge in [-0.1, -0.05) is 17.7 Å². The second-order valence-electron chi connectivity index (χ2n) is 2.84. The maximum absolute atomic E-state index is 9.08. The average molecular weight is 187 g/mol. The van der Waals surface area contributed by atoms with Crippen molar-refractivity contribution in [1.29, 1.82) is 0 Å². The van der Waals surface area contributed by atoms with E-state index in [-0.39, 0.29) is 11.9 Å². The Morgan fingerprint density at radius 1 is 1.50 bits per heavy atom. The molecule has 0 spiro atoms. The van der Waals surface area contributed by atoms with E-state index >= 15 is 0 Å². The van der Waals surface area contributed by atoms with Crippen LogP contribution in [0.1, 0.15) is 12.5 Å². The van der Waals surface area contributed by atoms with E-state index in [1.54, 1.807) is 19.1 Å². The van der Waals surface area contributed by atoms with Crippen LogP contribution in [-0.2, 0) is 6.42 Å². The molecule has 1 aromatic rings. The zero-order chi connectivity index (χ0) is 9.14. The first-order chi connectivity index (χ1) is 5.59. The van der Waals surface area contributed by atoms with Gasteiger partial charge in [0.25, 0.3) is 0 Å². The molecular weight excluding hydrogens is 176 g/mol. The van der Waals surface area contributed by atoms with Crippen LogP contribution in [0.3, 0.4) is 0 Å². The van der Waals surface area contributed by atoms with Crippen molar-refractivity contribution in [3.8, 4) is 5.75 Å². The highest BCUT2D eigenvalue weighted by Gasteiger charge is 2.02. The molecule has 0 aliphatic rings. The molecule has 0 bridgehead atoms. The van der Waals surface area contributed by atoms with Crippen molar-refractivity contribution in [3.05, 3.63) is 28.8 Å².